The van der Waals surface area contributed by atoms with Gasteiger partial charge in [0.1, 0.15) is 0 Å². The summed E-state index contributed by atoms with van der Waals surface area (Å²) in [7, 11) is 1.40. The summed E-state index contributed by atoms with van der Waals surface area (Å²) in [5.74, 6) is -0.401. The number of amides is 1. The zero-order chi connectivity index (χ0) is 10.5. The van der Waals surface area contributed by atoms with Crippen LogP contribution in [-0.4, -0.2) is 44.4 Å². The number of nitrogens with zero attached hydrogens (tertiary/aromatic N) is 1. The van der Waals surface area contributed by atoms with Gasteiger partial charge in [-0.3, -0.25) is 4.79 Å². The van der Waals surface area contributed by atoms with E-state index in [9.17, 15) is 17.7 Å². The van der Waals surface area contributed by atoms with Crippen molar-refractivity contribution in [1.82, 2.24) is 10.2 Å². The average molecular weight is 197 g/mol. The lowest BCUT2D eigenvalue weighted by atomic mass is 9.91. The van der Waals surface area contributed by atoms with E-state index in [2.05, 4.69) is 5.32 Å². The lowest BCUT2D eigenvalue weighted by Gasteiger charge is -2.25. The average Bonchev–Trinajstić information content (AvgIpc) is 2.00. The number of hydrogen-bond donors (Lipinski definition) is 1. The molecule has 0 aromatic heterocycles. The Hall–Kier alpha value is -0.715. The van der Waals surface area contributed by atoms with Gasteiger partial charge in [-0.05, 0) is 13.0 Å². The fraction of sp³-hybridized carbons (Fsp3) is 0.833. The second-order valence-corrected chi connectivity index (χ2v) is 2.71. The summed E-state index contributed by atoms with van der Waals surface area (Å²) in [5, 5.41) is 2.27. The van der Waals surface area contributed by atoms with Gasteiger partial charge >= 0.3 is 6.98 Å². The number of halogens is 3. The minimum absolute atomic E-state index is 0.200. The third-order valence-electron chi connectivity index (χ3n) is 1.56. The first-order valence-corrected chi connectivity index (χ1v) is 4.03. The zero-order valence-corrected chi connectivity index (χ0v) is 7.69. The van der Waals surface area contributed by atoms with E-state index < -0.39 is 19.3 Å². The third kappa shape index (κ3) is 6.45. The quantitative estimate of drug-likeness (QED) is 0.648. The summed E-state index contributed by atoms with van der Waals surface area (Å²) in [5.41, 5.74) is 0. The van der Waals surface area contributed by atoms with Gasteiger partial charge in [0, 0.05) is 7.05 Å². The van der Waals surface area contributed by atoms with E-state index in [1.165, 1.54) is 7.05 Å². The molecule has 1 N–H and O–H groups in total. The summed E-state index contributed by atoms with van der Waals surface area (Å²) >= 11 is 0. The Morgan fingerprint density at radius 2 is 2.00 bits per heavy atom. The fourth-order valence-corrected chi connectivity index (χ4v) is 0.880. The molecule has 0 fully saturated rings. The molecule has 0 heterocycles. The fourth-order valence-electron chi connectivity index (χ4n) is 0.880. The maximum atomic E-state index is 11.9. The number of carbonyl (C=O) groups excluding carboxylic acids is 1. The molecule has 0 atom stereocenters. The smallest absolute Gasteiger partial charge is 0.448 e. The predicted molar refractivity (Wildman–Crippen MR) is 45.3 cm³/mol. The van der Waals surface area contributed by atoms with Crippen LogP contribution in [0.15, 0.2) is 0 Å². The molecule has 3 nitrogen and oxygen atoms in total. The number of likely N-dealkylation sites (N-methyl/N-ethyl adjacent to an activating group) is 2. The van der Waals surface area contributed by atoms with Crippen molar-refractivity contribution in [3.8, 4) is 0 Å². The van der Waals surface area contributed by atoms with Crippen LogP contribution in [0.4, 0.5) is 12.9 Å². The molecule has 0 saturated carbocycles. The van der Waals surface area contributed by atoms with Crippen molar-refractivity contribution >= 4 is 12.9 Å². The SMILES string of the molecule is CCN(CC(=O)NC)C[B-](F)(F)F. The Labute approximate surface area is 75.3 Å². The molecule has 0 aromatic carbocycles. The largest absolute Gasteiger partial charge is 0.492 e. The van der Waals surface area contributed by atoms with Crippen LogP contribution >= 0.6 is 0 Å². The van der Waals surface area contributed by atoms with Crippen molar-refractivity contribution in [2.75, 3.05) is 26.6 Å². The molecule has 13 heavy (non-hydrogen) atoms. The van der Waals surface area contributed by atoms with Crippen molar-refractivity contribution in [3.05, 3.63) is 0 Å². The highest BCUT2D eigenvalue weighted by atomic mass is 19.4. The van der Waals surface area contributed by atoms with Crippen LogP contribution in [0.3, 0.4) is 0 Å². The first-order chi connectivity index (χ1) is 5.89. The standard InChI is InChI=1S/C6H13BF3N2O/c1-3-12(4-6(13)11-2)5-7(8,9)10/h3-5H2,1-2H3,(H,11,13)/q-1. The van der Waals surface area contributed by atoms with Crippen molar-refractivity contribution in [3.63, 3.8) is 0 Å². The predicted octanol–water partition coefficient (Wildman–Crippen LogP) is 0.441. The van der Waals surface area contributed by atoms with E-state index in [1.807, 2.05) is 0 Å². The molecule has 0 aliphatic carbocycles. The second kappa shape index (κ2) is 5.11. The Balaban J connectivity index is 3.97. The monoisotopic (exact) mass is 197 g/mol. The van der Waals surface area contributed by atoms with Gasteiger partial charge in [0.25, 0.3) is 0 Å². The van der Waals surface area contributed by atoms with E-state index in [0.717, 1.165) is 4.90 Å². The molecule has 0 spiro atoms. The number of hydrogen-bond acceptors (Lipinski definition) is 2. The van der Waals surface area contributed by atoms with Crippen LogP contribution in [0.5, 0.6) is 0 Å². The van der Waals surface area contributed by atoms with Gasteiger partial charge in [-0.25, -0.2) is 0 Å². The molecule has 0 aromatic rings. The highest BCUT2D eigenvalue weighted by Gasteiger charge is 2.26. The Morgan fingerprint density at radius 1 is 1.46 bits per heavy atom. The molecular formula is C6H13BF3N2O-. The molecule has 0 aliphatic heterocycles. The van der Waals surface area contributed by atoms with E-state index in [-0.39, 0.29) is 13.1 Å². The van der Waals surface area contributed by atoms with Gasteiger partial charge in [0.15, 0.2) is 0 Å². The van der Waals surface area contributed by atoms with E-state index in [0.29, 0.717) is 0 Å². The number of rotatable bonds is 5. The summed E-state index contributed by atoms with van der Waals surface area (Å²) < 4.78 is 35.8. The molecule has 0 unspecified atom stereocenters. The van der Waals surface area contributed by atoms with Crippen molar-refractivity contribution in [2.24, 2.45) is 0 Å². The molecule has 0 aliphatic rings. The topological polar surface area (TPSA) is 32.3 Å². The third-order valence-corrected chi connectivity index (χ3v) is 1.56. The minimum Gasteiger partial charge on any atom is -0.448 e. The molecule has 0 rings (SSSR count). The first kappa shape index (κ1) is 12.3. The molecule has 1 amide bonds. The van der Waals surface area contributed by atoms with Gasteiger partial charge in [-0.2, -0.15) is 0 Å². The number of nitrogens with one attached hydrogen (secondary N) is 1. The highest BCUT2D eigenvalue weighted by molar-refractivity contribution is 6.58. The molecule has 0 bridgehead atoms. The Bertz CT molecular complexity index is 174. The second-order valence-electron chi connectivity index (χ2n) is 2.71. The van der Waals surface area contributed by atoms with E-state index >= 15 is 0 Å². The van der Waals surface area contributed by atoms with Gasteiger partial charge < -0.3 is 23.2 Å². The summed E-state index contributed by atoms with van der Waals surface area (Å²) in [6.45, 7) is -3.24. The minimum atomic E-state index is -4.84. The van der Waals surface area contributed by atoms with E-state index in [1.54, 1.807) is 6.92 Å². The van der Waals surface area contributed by atoms with Gasteiger partial charge in [0.2, 0.25) is 5.91 Å². The van der Waals surface area contributed by atoms with Crippen molar-refractivity contribution in [2.45, 2.75) is 6.92 Å². The van der Waals surface area contributed by atoms with Crippen LogP contribution in [0, 0.1) is 0 Å². The molecule has 0 saturated heterocycles. The zero-order valence-electron chi connectivity index (χ0n) is 7.69. The highest BCUT2D eigenvalue weighted by Crippen LogP contribution is 2.09. The van der Waals surface area contributed by atoms with Gasteiger partial charge in [-0.15, -0.1) is 0 Å². The molecule has 7 heteroatoms. The maximum absolute atomic E-state index is 11.9. The first-order valence-electron chi connectivity index (χ1n) is 4.03. The van der Waals surface area contributed by atoms with Crippen LogP contribution < -0.4 is 5.32 Å². The van der Waals surface area contributed by atoms with Crippen molar-refractivity contribution in [1.29, 1.82) is 0 Å². The van der Waals surface area contributed by atoms with Gasteiger partial charge in [-0.1, -0.05) is 6.92 Å². The lowest BCUT2D eigenvalue weighted by molar-refractivity contribution is -0.121. The Kier molecular flexibility index (Phi) is 4.83. The van der Waals surface area contributed by atoms with Crippen LogP contribution in [-0.2, 0) is 4.79 Å². The molecular weight excluding hydrogens is 184 g/mol. The molecule has 0 radical (unpaired) electrons. The van der Waals surface area contributed by atoms with E-state index in [4.69, 9.17) is 0 Å². The summed E-state index contributed by atoms with van der Waals surface area (Å²) in [4.78, 5) is 11.8. The summed E-state index contributed by atoms with van der Waals surface area (Å²) in [6, 6.07) is 0. The van der Waals surface area contributed by atoms with Crippen LogP contribution in [0.2, 0.25) is 0 Å². The number of carbonyl (C=O) groups is 1. The van der Waals surface area contributed by atoms with Gasteiger partial charge in [0.05, 0.1) is 6.54 Å². The van der Waals surface area contributed by atoms with Crippen molar-refractivity contribution < 1.29 is 17.7 Å². The Morgan fingerprint density at radius 3 is 2.31 bits per heavy atom. The van der Waals surface area contributed by atoms with Crippen LogP contribution in [0.1, 0.15) is 6.92 Å². The van der Waals surface area contributed by atoms with Crippen LogP contribution in [0.25, 0.3) is 0 Å². The maximum Gasteiger partial charge on any atom is 0.492 e. The lowest BCUT2D eigenvalue weighted by Crippen LogP contribution is -2.43. The molecule has 78 valence electrons. The summed E-state index contributed by atoms with van der Waals surface area (Å²) in [6.07, 6.45) is -0.982. The normalized spacial score (nSPS) is 11.8.